The molecule has 1 saturated heterocycles. The topological polar surface area (TPSA) is 117 Å². The maximum Gasteiger partial charge on any atom is 0.183 e. The Morgan fingerprint density at radius 3 is 2.62 bits per heavy atom. The van der Waals surface area contributed by atoms with Crippen LogP contribution in [0.5, 0.6) is 0 Å². The molecular weight excluding hydrogens is 278 g/mol. The number of hydrogen-bond acceptors (Lipinski definition) is 8. The predicted molar refractivity (Wildman–Crippen MR) is 72.7 cm³/mol. The van der Waals surface area contributed by atoms with Gasteiger partial charge in [-0.25, -0.2) is 15.0 Å². The Balaban J connectivity index is 2.09. The van der Waals surface area contributed by atoms with Gasteiger partial charge >= 0.3 is 0 Å². The molecule has 4 atom stereocenters. The van der Waals surface area contributed by atoms with Crippen LogP contribution < -0.4 is 4.90 Å². The fourth-order valence-corrected chi connectivity index (χ4v) is 2.49. The van der Waals surface area contributed by atoms with Gasteiger partial charge < -0.3 is 25.0 Å². The Bertz CT molecular complexity index is 646. The summed E-state index contributed by atoms with van der Waals surface area (Å²) in [5.41, 5.74) is 1.06. The molecule has 0 saturated carbocycles. The third-order valence-electron chi connectivity index (χ3n) is 3.56. The number of aromatic nitrogens is 4. The van der Waals surface area contributed by atoms with Crippen LogP contribution in [0.25, 0.3) is 11.2 Å². The molecule has 1 fully saturated rings. The van der Waals surface area contributed by atoms with Gasteiger partial charge in [-0.1, -0.05) is 0 Å². The van der Waals surface area contributed by atoms with Gasteiger partial charge in [0.25, 0.3) is 0 Å². The van der Waals surface area contributed by atoms with E-state index in [2.05, 4.69) is 15.0 Å². The molecule has 0 spiro atoms. The summed E-state index contributed by atoms with van der Waals surface area (Å²) in [6, 6.07) is 0. The number of aliphatic hydroxyl groups is 3. The van der Waals surface area contributed by atoms with Gasteiger partial charge in [0, 0.05) is 14.1 Å². The van der Waals surface area contributed by atoms with Crippen LogP contribution in [-0.4, -0.2) is 73.9 Å². The summed E-state index contributed by atoms with van der Waals surface area (Å²) in [5, 5.41) is 29.2. The first kappa shape index (κ1) is 14.1. The average Bonchev–Trinajstić information content (AvgIpc) is 3.01. The van der Waals surface area contributed by atoms with E-state index in [1.54, 1.807) is 9.47 Å². The largest absolute Gasteiger partial charge is 0.394 e. The van der Waals surface area contributed by atoms with Gasteiger partial charge in [0.2, 0.25) is 0 Å². The summed E-state index contributed by atoms with van der Waals surface area (Å²) in [7, 11) is 3.66. The van der Waals surface area contributed by atoms with Gasteiger partial charge in [-0.15, -0.1) is 0 Å². The van der Waals surface area contributed by atoms with Crippen molar-refractivity contribution in [2.75, 3.05) is 25.6 Å². The molecule has 9 nitrogen and oxygen atoms in total. The van der Waals surface area contributed by atoms with Crippen molar-refractivity contribution in [1.29, 1.82) is 0 Å². The minimum Gasteiger partial charge on any atom is -0.394 e. The maximum absolute atomic E-state index is 10.1. The monoisotopic (exact) mass is 295 g/mol. The zero-order chi connectivity index (χ0) is 15.1. The lowest BCUT2D eigenvalue weighted by molar-refractivity contribution is -0.0508. The van der Waals surface area contributed by atoms with Crippen LogP contribution in [0.1, 0.15) is 6.23 Å². The van der Waals surface area contributed by atoms with Crippen molar-refractivity contribution >= 4 is 17.0 Å². The van der Waals surface area contributed by atoms with Crippen LogP contribution in [0.2, 0.25) is 0 Å². The first-order chi connectivity index (χ1) is 10.0. The smallest absolute Gasteiger partial charge is 0.183 e. The predicted octanol–water partition coefficient (Wildman–Crippen LogP) is -1.50. The van der Waals surface area contributed by atoms with Gasteiger partial charge in [0.05, 0.1) is 6.61 Å². The Morgan fingerprint density at radius 2 is 2.00 bits per heavy atom. The van der Waals surface area contributed by atoms with Gasteiger partial charge in [0.15, 0.2) is 17.7 Å². The van der Waals surface area contributed by atoms with Gasteiger partial charge in [-0.2, -0.15) is 0 Å². The zero-order valence-corrected chi connectivity index (χ0v) is 11.7. The van der Waals surface area contributed by atoms with Crippen LogP contribution in [0.15, 0.2) is 12.7 Å². The average molecular weight is 295 g/mol. The SMILES string of the molecule is CN(C)c1ncnc2ncn([C@H]3O[C@@H](CO)[C@@H](O)[C@H]3O)c12. The molecule has 0 unspecified atom stereocenters. The lowest BCUT2D eigenvalue weighted by Crippen LogP contribution is -2.33. The highest BCUT2D eigenvalue weighted by molar-refractivity contribution is 5.83. The van der Waals surface area contributed by atoms with E-state index in [0.717, 1.165) is 0 Å². The van der Waals surface area contributed by atoms with Crippen molar-refractivity contribution in [3.8, 4) is 0 Å². The molecule has 3 rings (SSSR count). The molecule has 0 bridgehead atoms. The molecule has 0 aromatic carbocycles. The second-order valence-corrected chi connectivity index (χ2v) is 5.14. The Morgan fingerprint density at radius 1 is 1.24 bits per heavy atom. The van der Waals surface area contributed by atoms with E-state index in [-0.39, 0.29) is 6.61 Å². The molecule has 9 heteroatoms. The lowest BCUT2D eigenvalue weighted by atomic mass is 10.1. The molecule has 0 radical (unpaired) electrons. The minimum atomic E-state index is -1.17. The number of aliphatic hydroxyl groups excluding tert-OH is 3. The molecular formula is C12H17N5O4. The van der Waals surface area contributed by atoms with Gasteiger partial charge in [-0.05, 0) is 0 Å². The number of hydrogen-bond donors (Lipinski definition) is 3. The van der Waals surface area contributed by atoms with Crippen LogP contribution in [-0.2, 0) is 4.74 Å². The number of fused-ring (bicyclic) bond motifs is 1. The standard InChI is InChI=1S/C12H17N5O4/c1-16(2)11-7-10(13-4-14-11)15-5-17(7)12-9(20)8(19)6(3-18)21-12/h4-6,8-9,12,18-20H,3H2,1-2H3/t6-,8+,9+,12-/m0/s1. The van der Waals surface area contributed by atoms with Crippen LogP contribution in [0.3, 0.4) is 0 Å². The summed E-state index contributed by atoms with van der Waals surface area (Å²) < 4.78 is 7.10. The number of ether oxygens (including phenoxy) is 1. The highest BCUT2D eigenvalue weighted by atomic mass is 16.6. The van der Waals surface area contributed by atoms with E-state index in [1.165, 1.54) is 12.7 Å². The first-order valence-electron chi connectivity index (χ1n) is 6.52. The van der Waals surface area contributed by atoms with E-state index < -0.39 is 24.5 Å². The highest BCUT2D eigenvalue weighted by Gasteiger charge is 2.44. The number of nitrogens with zero attached hydrogens (tertiary/aromatic N) is 5. The molecule has 0 amide bonds. The number of imidazole rings is 1. The van der Waals surface area contributed by atoms with Crippen molar-refractivity contribution in [3.63, 3.8) is 0 Å². The second-order valence-electron chi connectivity index (χ2n) is 5.14. The summed E-state index contributed by atoms with van der Waals surface area (Å²) in [6.45, 7) is -0.377. The molecule has 1 aliphatic heterocycles. The van der Waals surface area contributed by atoms with Gasteiger partial charge in [0.1, 0.15) is 36.5 Å². The van der Waals surface area contributed by atoms with E-state index in [9.17, 15) is 15.3 Å². The minimum absolute atomic E-state index is 0.377. The van der Waals surface area contributed by atoms with Crippen molar-refractivity contribution in [1.82, 2.24) is 19.5 Å². The van der Waals surface area contributed by atoms with E-state index in [0.29, 0.717) is 17.0 Å². The third-order valence-corrected chi connectivity index (χ3v) is 3.56. The van der Waals surface area contributed by atoms with Crippen LogP contribution in [0, 0.1) is 0 Å². The maximum atomic E-state index is 10.1. The lowest BCUT2D eigenvalue weighted by Gasteiger charge is -2.19. The van der Waals surface area contributed by atoms with Crippen LogP contribution in [0.4, 0.5) is 5.82 Å². The molecule has 3 heterocycles. The summed E-state index contributed by atoms with van der Waals surface area (Å²) >= 11 is 0. The Hall–Kier alpha value is -1.81. The zero-order valence-electron chi connectivity index (χ0n) is 11.7. The molecule has 114 valence electrons. The van der Waals surface area contributed by atoms with Crippen LogP contribution >= 0.6 is 0 Å². The molecule has 1 aliphatic rings. The summed E-state index contributed by atoms with van der Waals surface area (Å²) in [6.07, 6.45) is -1.14. The molecule has 2 aromatic rings. The first-order valence-corrected chi connectivity index (χ1v) is 6.52. The van der Waals surface area contributed by atoms with E-state index in [4.69, 9.17) is 4.74 Å². The highest BCUT2D eigenvalue weighted by Crippen LogP contribution is 2.33. The van der Waals surface area contributed by atoms with E-state index in [1.807, 2.05) is 14.1 Å². The molecule has 2 aromatic heterocycles. The number of rotatable bonds is 3. The fraction of sp³-hybridized carbons (Fsp3) is 0.583. The van der Waals surface area contributed by atoms with E-state index >= 15 is 0 Å². The molecule has 0 aliphatic carbocycles. The van der Waals surface area contributed by atoms with Crippen molar-refractivity contribution in [3.05, 3.63) is 12.7 Å². The Labute approximate surface area is 120 Å². The van der Waals surface area contributed by atoms with Crippen molar-refractivity contribution < 1.29 is 20.1 Å². The normalized spacial score (nSPS) is 29.2. The van der Waals surface area contributed by atoms with Gasteiger partial charge in [-0.3, -0.25) is 4.57 Å². The third kappa shape index (κ3) is 2.14. The van der Waals surface area contributed by atoms with Crippen molar-refractivity contribution in [2.45, 2.75) is 24.5 Å². The molecule has 21 heavy (non-hydrogen) atoms. The fourth-order valence-electron chi connectivity index (χ4n) is 2.49. The Kier molecular flexibility index (Phi) is 3.49. The summed E-state index contributed by atoms with van der Waals surface area (Å²) in [5.74, 6) is 0.621. The number of anilines is 1. The molecule has 3 N–H and O–H groups in total. The second kappa shape index (κ2) is 5.19. The summed E-state index contributed by atoms with van der Waals surface area (Å²) in [4.78, 5) is 14.2. The quantitative estimate of drug-likeness (QED) is 0.626. The van der Waals surface area contributed by atoms with Crippen molar-refractivity contribution in [2.24, 2.45) is 0 Å².